The average molecular weight is 471 g/mol. The summed E-state index contributed by atoms with van der Waals surface area (Å²) in [5.74, 6) is 0.0959. The lowest BCUT2D eigenvalue weighted by Gasteiger charge is -2.43. The summed E-state index contributed by atoms with van der Waals surface area (Å²) in [5.41, 5.74) is 3.73. The summed E-state index contributed by atoms with van der Waals surface area (Å²) in [5, 5.41) is 5.96. The van der Waals surface area contributed by atoms with E-state index in [2.05, 4.69) is 10.6 Å². The van der Waals surface area contributed by atoms with Crippen molar-refractivity contribution in [1.29, 1.82) is 0 Å². The van der Waals surface area contributed by atoms with Crippen molar-refractivity contribution < 1.29 is 9.59 Å². The van der Waals surface area contributed by atoms with Gasteiger partial charge in [-0.05, 0) is 48.6 Å². The van der Waals surface area contributed by atoms with Crippen molar-refractivity contribution in [3.63, 3.8) is 0 Å². The van der Waals surface area contributed by atoms with E-state index in [0.29, 0.717) is 31.7 Å². The largest absolute Gasteiger partial charge is 0.326 e. The number of nitrogens with one attached hydrogen (secondary N) is 2. The van der Waals surface area contributed by atoms with Gasteiger partial charge in [0, 0.05) is 49.4 Å². The maximum absolute atomic E-state index is 13.4. The summed E-state index contributed by atoms with van der Waals surface area (Å²) in [6, 6.07) is 21.7. The summed E-state index contributed by atoms with van der Waals surface area (Å²) in [6.07, 6.45) is 1.36. The van der Waals surface area contributed by atoms with E-state index in [1.807, 2.05) is 72.2 Å². The molecule has 2 aromatic carbocycles. The molecule has 2 N–H and O–H groups in total. The van der Waals surface area contributed by atoms with Crippen molar-refractivity contribution >= 4 is 17.6 Å². The zero-order chi connectivity index (χ0) is 24.4. The molecule has 0 spiro atoms. The van der Waals surface area contributed by atoms with Crippen LogP contribution >= 0.6 is 0 Å². The zero-order valence-corrected chi connectivity index (χ0v) is 19.8. The van der Waals surface area contributed by atoms with Crippen molar-refractivity contribution in [1.82, 2.24) is 14.8 Å². The monoisotopic (exact) mass is 470 g/mol. The molecule has 1 saturated heterocycles. The Hall–Kier alpha value is -3.87. The van der Waals surface area contributed by atoms with Crippen LogP contribution in [0.4, 0.5) is 10.5 Å². The molecule has 0 aliphatic carbocycles. The molecule has 7 heteroatoms. The maximum Gasteiger partial charge on any atom is 0.318 e. The minimum atomic E-state index is -0.720. The third kappa shape index (κ3) is 5.14. The highest BCUT2D eigenvalue weighted by Gasteiger charge is 2.37. The molecule has 3 unspecified atom stereocenters. The van der Waals surface area contributed by atoms with Crippen LogP contribution in [0.1, 0.15) is 29.2 Å². The van der Waals surface area contributed by atoms with E-state index in [0.717, 1.165) is 23.2 Å². The highest BCUT2D eigenvalue weighted by molar-refractivity contribution is 5.97. The molecular weight excluding hydrogens is 440 g/mol. The van der Waals surface area contributed by atoms with Gasteiger partial charge in [0.15, 0.2) is 0 Å². The molecule has 3 aromatic rings. The minimum absolute atomic E-state index is 0.0193. The van der Waals surface area contributed by atoms with E-state index >= 15 is 0 Å². The van der Waals surface area contributed by atoms with Gasteiger partial charge >= 0.3 is 6.03 Å². The van der Waals surface area contributed by atoms with Gasteiger partial charge in [-0.2, -0.15) is 0 Å². The number of rotatable bonds is 5. The summed E-state index contributed by atoms with van der Waals surface area (Å²) >= 11 is 0. The van der Waals surface area contributed by atoms with Gasteiger partial charge in [0.25, 0.3) is 5.56 Å². The number of carbonyl (C=O) groups is 2. The van der Waals surface area contributed by atoms with Crippen LogP contribution < -0.4 is 16.2 Å². The van der Waals surface area contributed by atoms with E-state index in [-0.39, 0.29) is 29.3 Å². The summed E-state index contributed by atoms with van der Waals surface area (Å²) < 4.78 is 1.85. The summed E-state index contributed by atoms with van der Waals surface area (Å²) in [7, 11) is 0. The highest BCUT2D eigenvalue weighted by Crippen LogP contribution is 2.34. The van der Waals surface area contributed by atoms with Crippen LogP contribution in [0.2, 0.25) is 0 Å². The number of fused-ring (bicyclic) bond motifs is 4. The van der Waals surface area contributed by atoms with Gasteiger partial charge in [-0.1, -0.05) is 48.5 Å². The number of urea groups is 1. The summed E-state index contributed by atoms with van der Waals surface area (Å²) in [6.45, 7) is 3.69. The molecule has 2 aliphatic rings. The molecule has 2 bridgehead atoms. The Morgan fingerprint density at radius 1 is 0.971 bits per heavy atom. The number of anilines is 1. The first-order chi connectivity index (χ1) is 17.0. The van der Waals surface area contributed by atoms with Gasteiger partial charge in [-0.3, -0.25) is 9.59 Å². The molecule has 3 heterocycles. The van der Waals surface area contributed by atoms with Crippen LogP contribution in [0.25, 0.3) is 0 Å². The molecule has 35 heavy (non-hydrogen) atoms. The van der Waals surface area contributed by atoms with E-state index in [1.165, 1.54) is 0 Å². The second-order valence-corrected chi connectivity index (χ2v) is 9.65. The number of aromatic nitrogens is 1. The van der Waals surface area contributed by atoms with Gasteiger partial charge in [0.05, 0.1) is 0 Å². The number of aryl methyl sites for hydroxylation is 1. The predicted octanol–water partition coefficient (Wildman–Crippen LogP) is 3.54. The molecular formula is C28H30N4O3. The Kier molecular flexibility index (Phi) is 6.40. The lowest BCUT2D eigenvalue weighted by molar-refractivity contribution is -0.118. The molecule has 2 aliphatic heterocycles. The Morgan fingerprint density at radius 3 is 2.57 bits per heavy atom. The van der Waals surface area contributed by atoms with Gasteiger partial charge < -0.3 is 20.1 Å². The number of hydrogen-bond donors (Lipinski definition) is 2. The minimum Gasteiger partial charge on any atom is -0.326 e. The number of pyridine rings is 1. The molecule has 3 atom stereocenters. The van der Waals surface area contributed by atoms with Gasteiger partial charge in [-0.15, -0.1) is 0 Å². The van der Waals surface area contributed by atoms with Crippen LogP contribution in [0.3, 0.4) is 0 Å². The van der Waals surface area contributed by atoms with Crippen LogP contribution in [-0.4, -0.2) is 40.5 Å². The van der Waals surface area contributed by atoms with Crippen LogP contribution in [0.5, 0.6) is 0 Å². The van der Waals surface area contributed by atoms with Gasteiger partial charge in [0.1, 0.15) is 6.04 Å². The van der Waals surface area contributed by atoms with Gasteiger partial charge in [-0.25, -0.2) is 4.79 Å². The number of amides is 3. The number of benzene rings is 2. The summed E-state index contributed by atoms with van der Waals surface area (Å²) in [4.78, 5) is 40.8. The lowest BCUT2D eigenvalue weighted by Crippen LogP contribution is -2.55. The third-order valence-electron chi connectivity index (χ3n) is 6.95. The number of hydrogen-bond acceptors (Lipinski definition) is 3. The highest BCUT2D eigenvalue weighted by atomic mass is 16.2. The number of nitrogens with zero attached hydrogens (tertiary/aromatic N) is 2. The molecule has 5 rings (SSSR count). The van der Waals surface area contributed by atoms with Crippen molar-refractivity contribution in [2.24, 2.45) is 5.92 Å². The van der Waals surface area contributed by atoms with E-state index in [1.54, 1.807) is 17.0 Å². The van der Waals surface area contributed by atoms with E-state index in [9.17, 15) is 14.4 Å². The zero-order valence-electron chi connectivity index (χ0n) is 19.8. The van der Waals surface area contributed by atoms with Crippen molar-refractivity contribution in [2.75, 3.05) is 18.4 Å². The average Bonchev–Trinajstić information content (AvgIpc) is 2.85. The normalized spacial score (nSPS) is 19.4. The fourth-order valence-corrected chi connectivity index (χ4v) is 5.31. The quantitative estimate of drug-likeness (QED) is 0.598. The fraction of sp³-hybridized carbons (Fsp3) is 0.321. The molecule has 180 valence electrons. The molecule has 1 fully saturated rings. The van der Waals surface area contributed by atoms with E-state index < -0.39 is 6.04 Å². The first-order valence-electron chi connectivity index (χ1n) is 12.1. The third-order valence-corrected chi connectivity index (χ3v) is 6.95. The predicted molar refractivity (Wildman–Crippen MR) is 135 cm³/mol. The molecule has 0 saturated carbocycles. The van der Waals surface area contributed by atoms with Crippen LogP contribution in [-0.2, 0) is 17.8 Å². The van der Waals surface area contributed by atoms with Crippen molar-refractivity contribution in [3.05, 3.63) is 100.0 Å². The first-order valence-corrected chi connectivity index (χ1v) is 12.1. The van der Waals surface area contributed by atoms with Gasteiger partial charge in [0.2, 0.25) is 5.91 Å². The first kappa shape index (κ1) is 22.9. The Morgan fingerprint density at radius 2 is 1.77 bits per heavy atom. The topological polar surface area (TPSA) is 83.4 Å². The molecule has 3 amide bonds. The number of likely N-dealkylation sites (tertiary alicyclic amines) is 1. The molecule has 0 radical (unpaired) electrons. The smallest absolute Gasteiger partial charge is 0.318 e. The SMILES string of the molecule is Cc1cccc(NC(=O)C(Cc2ccccc2)NC(=O)N2CC3CC(C2)c2cccc(=O)n2C3)c1. The van der Waals surface area contributed by atoms with Crippen molar-refractivity contribution in [3.8, 4) is 0 Å². The number of carbonyl (C=O) groups excluding carboxylic acids is 2. The Bertz CT molecular complexity index is 1290. The maximum atomic E-state index is 13.4. The molecule has 7 nitrogen and oxygen atoms in total. The second kappa shape index (κ2) is 9.78. The van der Waals surface area contributed by atoms with Crippen LogP contribution in [0.15, 0.2) is 77.6 Å². The Labute approximate surface area is 204 Å². The van der Waals surface area contributed by atoms with Crippen LogP contribution in [0, 0.1) is 12.8 Å². The fourth-order valence-electron chi connectivity index (χ4n) is 5.31. The molecule has 1 aromatic heterocycles. The van der Waals surface area contributed by atoms with E-state index in [4.69, 9.17) is 0 Å². The standard InChI is InChI=1S/C28H30N4O3/c1-19-7-5-10-23(13-19)29-27(34)24(15-20-8-3-2-4-9-20)30-28(35)31-16-21-14-22(18-31)25-11-6-12-26(33)32(25)17-21/h2-13,21-22,24H,14-18H2,1H3,(H,29,34)(H,30,35). The Balaban J connectivity index is 1.32. The second-order valence-electron chi connectivity index (χ2n) is 9.65. The number of piperidine rings is 1. The van der Waals surface area contributed by atoms with Crippen molar-refractivity contribution in [2.45, 2.75) is 38.3 Å². The lowest BCUT2D eigenvalue weighted by atomic mass is 9.83.